The van der Waals surface area contributed by atoms with Gasteiger partial charge in [0.2, 0.25) is 0 Å². The average Bonchev–Trinajstić information content (AvgIpc) is 3.06. The normalized spacial score (nSPS) is 15.6. The Bertz CT molecular complexity index is 973. The van der Waals surface area contributed by atoms with Crippen LogP contribution < -0.4 is 10.1 Å². The molecule has 1 amide bonds. The first-order chi connectivity index (χ1) is 13.3. The second kappa shape index (κ2) is 8.62. The number of amidine groups is 1. The van der Waals surface area contributed by atoms with Crippen molar-refractivity contribution in [3.05, 3.63) is 53.6 Å². The predicted molar refractivity (Wildman–Crippen MR) is 109 cm³/mol. The molecule has 0 bridgehead atoms. The Labute approximate surface area is 169 Å². The van der Waals surface area contributed by atoms with Crippen molar-refractivity contribution in [1.82, 2.24) is 4.90 Å². The molecular formula is C19H20ClN3O4S. The average molecular weight is 422 g/mol. The number of hydrogen-bond acceptors (Lipinski definition) is 4. The number of carbonyl (C=O) groups excluding carboxylic acids is 1. The van der Waals surface area contributed by atoms with Crippen molar-refractivity contribution in [3.8, 4) is 5.75 Å². The van der Waals surface area contributed by atoms with Gasteiger partial charge in [0.25, 0.3) is 15.9 Å². The molecule has 3 rings (SSSR count). The molecule has 1 fully saturated rings. The fraction of sp³-hybridized carbons (Fsp3) is 0.263. The highest BCUT2D eigenvalue weighted by atomic mass is 35.5. The number of nitrogens with one attached hydrogen (secondary N) is 1. The van der Waals surface area contributed by atoms with Crippen LogP contribution in [0.1, 0.15) is 12.8 Å². The number of anilines is 1. The lowest BCUT2D eigenvalue weighted by Gasteiger charge is -2.11. The standard InChI is InChI=1S/C19H20ClN3O4S/c1-23-12-2-3-18(23)22-28(25,26)17-10-6-15(7-11-17)21-19(24)13-27-16-8-4-14(20)5-9-16/h4-11H,2-3,12-13H2,1H3,(H,21,24)/b22-18-. The van der Waals surface area contributed by atoms with Crippen LogP contribution in [0.2, 0.25) is 5.02 Å². The van der Waals surface area contributed by atoms with Gasteiger partial charge >= 0.3 is 0 Å². The van der Waals surface area contributed by atoms with Crippen molar-refractivity contribution < 1.29 is 17.9 Å². The summed E-state index contributed by atoms with van der Waals surface area (Å²) in [5.74, 6) is 0.729. The molecule has 0 unspecified atom stereocenters. The summed E-state index contributed by atoms with van der Waals surface area (Å²) in [6.45, 7) is 0.624. The first-order valence-electron chi connectivity index (χ1n) is 8.67. The third kappa shape index (κ3) is 5.24. The van der Waals surface area contributed by atoms with Crippen LogP contribution in [0, 0.1) is 0 Å². The van der Waals surface area contributed by atoms with Crippen LogP contribution in [-0.2, 0) is 14.8 Å². The maximum Gasteiger partial charge on any atom is 0.283 e. The molecule has 1 N–H and O–H groups in total. The van der Waals surface area contributed by atoms with Crippen LogP contribution in [0.4, 0.5) is 5.69 Å². The first-order valence-corrected chi connectivity index (χ1v) is 10.5. The van der Waals surface area contributed by atoms with Gasteiger partial charge in [-0.3, -0.25) is 4.79 Å². The number of amides is 1. The molecule has 1 aliphatic rings. The first kappa shape index (κ1) is 20.2. The molecule has 2 aromatic carbocycles. The van der Waals surface area contributed by atoms with Gasteiger partial charge < -0.3 is 15.0 Å². The van der Waals surface area contributed by atoms with Crippen LogP contribution in [0.15, 0.2) is 57.8 Å². The lowest BCUT2D eigenvalue weighted by Crippen LogP contribution is -2.20. The smallest absolute Gasteiger partial charge is 0.283 e. The second-order valence-corrected chi connectivity index (χ2v) is 8.36. The minimum absolute atomic E-state index is 0.0794. The van der Waals surface area contributed by atoms with Crippen LogP contribution in [0.3, 0.4) is 0 Å². The number of ether oxygens (including phenoxy) is 1. The topological polar surface area (TPSA) is 88.1 Å². The van der Waals surface area contributed by atoms with Crippen molar-refractivity contribution in [2.45, 2.75) is 17.7 Å². The van der Waals surface area contributed by atoms with Gasteiger partial charge in [-0.15, -0.1) is 4.40 Å². The number of likely N-dealkylation sites (tertiary alicyclic amines) is 1. The number of benzene rings is 2. The summed E-state index contributed by atoms with van der Waals surface area (Å²) in [4.78, 5) is 13.9. The van der Waals surface area contributed by atoms with E-state index in [9.17, 15) is 13.2 Å². The fourth-order valence-electron chi connectivity index (χ4n) is 2.69. The molecule has 0 spiro atoms. The predicted octanol–water partition coefficient (Wildman–Crippen LogP) is 3.17. The quantitative estimate of drug-likeness (QED) is 0.773. The van der Waals surface area contributed by atoms with Gasteiger partial charge in [0, 0.05) is 30.7 Å². The second-order valence-electron chi connectivity index (χ2n) is 6.32. The number of nitrogens with zero attached hydrogens (tertiary/aromatic N) is 2. The minimum Gasteiger partial charge on any atom is -0.484 e. The van der Waals surface area contributed by atoms with Crippen LogP contribution >= 0.6 is 11.6 Å². The summed E-state index contributed by atoms with van der Waals surface area (Å²) in [5, 5.41) is 3.23. The SMILES string of the molecule is CN1CCC/C1=N/S(=O)(=O)c1ccc(NC(=O)COc2ccc(Cl)cc2)cc1. The summed E-state index contributed by atoms with van der Waals surface area (Å²) in [7, 11) is -1.95. The van der Waals surface area contributed by atoms with Crippen molar-refractivity contribution in [1.29, 1.82) is 0 Å². The highest BCUT2D eigenvalue weighted by Crippen LogP contribution is 2.19. The maximum absolute atomic E-state index is 12.4. The van der Waals surface area contributed by atoms with Crippen molar-refractivity contribution in [2.24, 2.45) is 4.40 Å². The van der Waals surface area contributed by atoms with E-state index in [1.165, 1.54) is 24.3 Å². The van der Waals surface area contributed by atoms with Gasteiger partial charge in [-0.05, 0) is 55.0 Å². The molecule has 0 aromatic heterocycles. The van der Waals surface area contributed by atoms with E-state index >= 15 is 0 Å². The summed E-state index contributed by atoms with van der Waals surface area (Å²) in [5.41, 5.74) is 0.467. The number of halogens is 1. The van der Waals surface area contributed by atoms with E-state index in [0.29, 0.717) is 28.7 Å². The Kier molecular flexibility index (Phi) is 6.21. The molecule has 1 aliphatic heterocycles. The Balaban J connectivity index is 1.59. The van der Waals surface area contributed by atoms with E-state index in [1.807, 2.05) is 11.9 Å². The zero-order valence-corrected chi connectivity index (χ0v) is 16.8. The van der Waals surface area contributed by atoms with Crippen molar-refractivity contribution >= 4 is 39.1 Å². The number of rotatable bonds is 6. The molecule has 0 atom stereocenters. The third-order valence-corrected chi connectivity index (χ3v) is 5.75. The van der Waals surface area contributed by atoms with E-state index in [2.05, 4.69) is 9.71 Å². The lowest BCUT2D eigenvalue weighted by atomic mass is 10.3. The van der Waals surface area contributed by atoms with E-state index in [1.54, 1.807) is 24.3 Å². The Morgan fingerprint density at radius 1 is 1.18 bits per heavy atom. The van der Waals surface area contributed by atoms with E-state index in [0.717, 1.165) is 13.0 Å². The van der Waals surface area contributed by atoms with Crippen molar-refractivity contribution in [3.63, 3.8) is 0 Å². The summed E-state index contributed by atoms with van der Waals surface area (Å²) in [6.07, 6.45) is 1.55. The fourth-order valence-corrected chi connectivity index (χ4v) is 3.91. The molecule has 0 radical (unpaired) electrons. The molecule has 2 aromatic rings. The molecule has 148 valence electrons. The highest BCUT2D eigenvalue weighted by molar-refractivity contribution is 7.90. The molecule has 1 heterocycles. The summed E-state index contributed by atoms with van der Waals surface area (Å²) < 4.78 is 34.1. The zero-order chi connectivity index (χ0) is 20.1. The van der Waals surface area contributed by atoms with Gasteiger partial charge in [-0.2, -0.15) is 8.42 Å². The molecular weight excluding hydrogens is 402 g/mol. The largest absolute Gasteiger partial charge is 0.484 e. The lowest BCUT2D eigenvalue weighted by molar-refractivity contribution is -0.118. The van der Waals surface area contributed by atoms with Gasteiger partial charge in [-0.25, -0.2) is 0 Å². The molecule has 0 aliphatic carbocycles. The third-order valence-electron chi connectivity index (χ3n) is 4.18. The molecule has 1 saturated heterocycles. The van der Waals surface area contributed by atoms with Gasteiger partial charge in [0.05, 0.1) is 4.90 Å². The van der Waals surface area contributed by atoms with Crippen molar-refractivity contribution in [2.75, 3.05) is 25.5 Å². The maximum atomic E-state index is 12.4. The number of sulfonamides is 1. The highest BCUT2D eigenvalue weighted by Gasteiger charge is 2.20. The molecule has 0 saturated carbocycles. The summed E-state index contributed by atoms with van der Waals surface area (Å²) in [6, 6.07) is 12.5. The Morgan fingerprint density at radius 3 is 2.46 bits per heavy atom. The molecule has 28 heavy (non-hydrogen) atoms. The Hall–Kier alpha value is -2.58. The number of carbonyl (C=O) groups is 1. The van der Waals surface area contributed by atoms with Crippen LogP contribution in [0.25, 0.3) is 0 Å². The van der Waals surface area contributed by atoms with E-state index < -0.39 is 10.0 Å². The minimum atomic E-state index is -3.77. The van der Waals surface area contributed by atoms with Crippen LogP contribution in [0.5, 0.6) is 5.75 Å². The van der Waals surface area contributed by atoms with E-state index in [-0.39, 0.29) is 17.4 Å². The monoisotopic (exact) mass is 421 g/mol. The zero-order valence-electron chi connectivity index (χ0n) is 15.3. The Morgan fingerprint density at radius 2 is 1.86 bits per heavy atom. The number of hydrogen-bond donors (Lipinski definition) is 1. The summed E-state index contributed by atoms with van der Waals surface area (Å²) >= 11 is 5.79. The van der Waals surface area contributed by atoms with Gasteiger partial charge in [-0.1, -0.05) is 11.6 Å². The van der Waals surface area contributed by atoms with E-state index in [4.69, 9.17) is 16.3 Å². The molecule has 9 heteroatoms. The van der Waals surface area contributed by atoms with Crippen LogP contribution in [-0.4, -0.2) is 45.3 Å². The van der Waals surface area contributed by atoms with Gasteiger partial charge in [0.1, 0.15) is 11.6 Å². The van der Waals surface area contributed by atoms with Gasteiger partial charge in [0.15, 0.2) is 6.61 Å². The molecule has 7 nitrogen and oxygen atoms in total.